The van der Waals surface area contributed by atoms with Gasteiger partial charge in [0.2, 0.25) is 0 Å². The number of nitrogens with zero attached hydrogens (tertiary/aromatic N) is 1. The Hall–Kier alpha value is -3.29. The van der Waals surface area contributed by atoms with Crippen molar-refractivity contribution in [3.05, 3.63) is 94.5 Å². The smallest absolute Gasteiger partial charge is 0.0991 e. The molecule has 1 aliphatic rings. The Morgan fingerprint density at radius 2 is 1.05 bits per heavy atom. The van der Waals surface area contributed by atoms with E-state index in [0.29, 0.717) is 5.56 Å². The molecule has 0 atom stereocenters. The zero-order valence-corrected chi connectivity index (χ0v) is 24.2. The Bertz CT molecular complexity index is 1280. The highest BCUT2D eigenvalue weighted by Crippen LogP contribution is 2.54. The SMILES string of the molecule is CCCCCCCCC1(CCCCCCCC)c2ccccc2-c2ccc(C#Cc3ccc(C#N)cc3)cc21. The van der Waals surface area contributed by atoms with Gasteiger partial charge >= 0.3 is 0 Å². The van der Waals surface area contributed by atoms with Gasteiger partial charge < -0.3 is 0 Å². The number of hydrogen-bond donors (Lipinski definition) is 0. The fourth-order valence-corrected chi connectivity index (χ4v) is 6.38. The molecule has 3 aromatic carbocycles. The van der Waals surface area contributed by atoms with Crippen LogP contribution in [0.4, 0.5) is 0 Å². The normalized spacial score (nSPS) is 12.7. The summed E-state index contributed by atoms with van der Waals surface area (Å²) in [4.78, 5) is 0. The highest BCUT2D eigenvalue weighted by atomic mass is 14.4. The first-order valence-corrected chi connectivity index (χ1v) is 15.5. The highest BCUT2D eigenvalue weighted by molar-refractivity contribution is 5.81. The molecule has 3 aromatic rings. The lowest BCUT2D eigenvalue weighted by atomic mass is 9.70. The van der Waals surface area contributed by atoms with E-state index in [9.17, 15) is 0 Å². The van der Waals surface area contributed by atoms with E-state index in [2.05, 4.69) is 74.2 Å². The number of rotatable bonds is 14. The van der Waals surface area contributed by atoms with Crippen molar-refractivity contribution in [3.8, 4) is 29.0 Å². The van der Waals surface area contributed by atoms with Gasteiger partial charge in [0, 0.05) is 16.5 Å². The monoisotopic (exact) mass is 515 g/mol. The van der Waals surface area contributed by atoms with Crippen LogP contribution in [-0.4, -0.2) is 0 Å². The van der Waals surface area contributed by atoms with Crippen molar-refractivity contribution in [2.45, 2.75) is 109 Å². The molecule has 0 amide bonds. The first-order valence-electron chi connectivity index (χ1n) is 15.5. The molecule has 39 heavy (non-hydrogen) atoms. The minimum absolute atomic E-state index is 0.0908. The summed E-state index contributed by atoms with van der Waals surface area (Å²) < 4.78 is 0. The molecule has 1 heteroatoms. The number of benzene rings is 3. The predicted molar refractivity (Wildman–Crippen MR) is 166 cm³/mol. The Morgan fingerprint density at radius 1 is 0.538 bits per heavy atom. The van der Waals surface area contributed by atoms with Gasteiger partial charge in [-0.25, -0.2) is 0 Å². The van der Waals surface area contributed by atoms with Crippen LogP contribution in [0.25, 0.3) is 11.1 Å². The van der Waals surface area contributed by atoms with Crippen LogP contribution in [0.15, 0.2) is 66.7 Å². The predicted octanol–water partition coefficient (Wildman–Crippen LogP) is 10.7. The molecule has 0 N–H and O–H groups in total. The molecule has 0 aromatic heterocycles. The molecule has 0 heterocycles. The number of fused-ring (bicyclic) bond motifs is 3. The number of nitriles is 1. The summed E-state index contributed by atoms with van der Waals surface area (Å²) in [5, 5.41) is 9.09. The first kappa shape index (κ1) is 28.7. The van der Waals surface area contributed by atoms with Gasteiger partial charge in [0.25, 0.3) is 0 Å². The lowest BCUT2D eigenvalue weighted by molar-refractivity contribution is 0.398. The van der Waals surface area contributed by atoms with E-state index in [-0.39, 0.29) is 5.41 Å². The van der Waals surface area contributed by atoms with Crippen LogP contribution < -0.4 is 0 Å². The Kier molecular flexibility index (Phi) is 10.9. The molecule has 4 rings (SSSR count). The van der Waals surface area contributed by atoms with Crippen molar-refractivity contribution in [2.24, 2.45) is 0 Å². The molecule has 0 spiro atoms. The van der Waals surface area contributed by atoms with Crippen molar-refractivity contribution in [1.29, 1.82) is 5.26 Å². The summed E-state index contributed by atoms with van der Waals surface area (Å²) in [6, 6.07) is 25.9. The second kappa shape index (κ2) is 14.8. The van der Waals surface area contributed by atoms with Gasteiger partial charge in [0.05, 0.1) is 11.6 Å². The van der Waals surface area contributed by atoms with Crippen molar-refractivity contribution >= 4 is 0 Å². The average Bonchev–Trinajstić information content (AvgIpc) is 3.25. The van der Waals surface area contributed by atoms with E-state index in [1.807, 2.05) is 24.3 Å². The summed E-state index contributed by atoms with van der Waals surface area (Å²) in [7, 11) is 0. The van der Waals surface area contributed by atoms with Crippen LogP contribution in [0, 0.1) is 23.2 Å². The third-order valence-corrected chi connectivity index (χ3v) is 8.55. The molecule has 0 aliphatic heterocycles. The zero-order chi connectivity index (χ0) is 27.3. The van der Waals surface area contributed by atoms with Gasteiger partial charge in [-0.15, -0.1) is 0 Å². The summed E-state index contributed by atoms with van der Waals surface area (Å²) in [5.74, 6) is 6.78. The van der Waals surface area contributed by atoms with Gasteiger partial charge in [-0.05, 0) is 71.5 Å². The van der Waals surface area contributed by atoms with Crippen LogP contribution in [0.5, 0.6) is 0 Å². The van der Waals surface area contributed by atoms with Crippen LogP contribution in [0.2, 0.25) is 0 Å². The van der Waals surface area contributed by atoms with Crippen molar-refractivity contribution in [3.63, 3.8) is 0 Å². The van der Waals surface area contributed by atoms with Crippen molar-refractivity contribution < 1.29 is 0 Å². The maximum absolute atomic E-state index is 9.09. The van der Waals surface area contributed by atoms with Crippen LogP contribution in [0.3, 0.4) is 0 Å². The van der Waals surface area contributed by atoms with Crippen LogP contribution in [0.1, 0.15) is 132 Å². The third kappa shape index (κ3) is 7.22. The Labute approximate surface area is 237 Å². The summed E-state index contributed by atoms with van der Waals surface area (Å²) in [5.41, 5.74) is 8.67. The summed E-state index contributed by atoms with van der Waals surface area (Å²) in [6.45, 7) is 4.59. The second-order valence-corrected chi connectivity index (χ2v) is 11.4. The molecule has 0 saturated heterocycles. The molecule has 0 fully saturated rings. The van der Waals surface area contributed by atoms with Gasteiger partial charge in [-0.1, -0.05) is 133 Å². The standard InChI is InChI=1S/C38H45N/c1-3-5-7-9-11-15-27-38(28-16-12-10-8-6-4-2)36-18-14-13-17-34(36)35-26-25-32(29-37(35)38)22-19-31-20-23-33(30-39)24-21-31/h13-14,17-18,20-21,23-26,29H,3-12,15-16,27-28H2,1-2H3. The second-order valence-electron chi connectivity index (χ2n) is 11.4. The number of unbranched alkanes of at least 4 members (excludes halogenated alkanes) is 10. The maximum atomic E-state index is 9.09. The largest absolute Gasteiger partial charge is 0.192 e. The van der Waals surface area contributed by atoms with E-state index < -0.39 is 0 Å². The lowest BCUT2D eigenvalue weighted by Crippen LogP contribution is -2.25. The average molecular weight is 516 g/mol. The highest BCUT2D eigenvalue weighted by Gasteiger charge is 2.42. The fraction of sp³-hybridized carbons (Fsp3) is 0.447. The molecule has 1 nitrogen and oxygen atoms in total. The minimum Gasteiger partial charge on any atom is -0.192 e. The van der Waals surface area contributed by atoms with Gasteiger partial charge in [0.1, 0.15) is 0 Å². The summed E-state index contributed by atoms with van der Waals surface area (Å²) in [6.07, 6.45) is 18.4. The van der Waals surface area contributed by atoms with E-state index in [1.54, 1.807) is 5.56 Å². The minimum atomic E-state index is 0.0908. The molecular formula is C38H45N. The molecule has 202 valence electrons. The zero-order valence-electron chi connectivity index (χ0n) is 24.2. The fourth-order valence-electron chi connectivity index (χ4n) is 6.38. The van der Waals surface area contributed by atoms with Crippen LogP contribution in [-0.2, 0) is 5.41 Å². The molecule has 0 bridgehead atoms. The van der Waals surface area contributed by atoms with E-state index in [1.165, 1.54) is 107 Å². The maximum Gasteiger partial charge on any atom is 0.0991 e. The van der Waals surface area contributed by atoms with E-state index in [4.69, 9.17) is 5.26 Å². The third-order valence-electron chi connectivity index (χ3n) is 8.55. The van der Waals surface area contributed by atoms with Crippen molar-refractivity contribution in [2.75, 3.05) is 0 Å². The Morgan fingerprint density at radius 3 is 1.69 bits per heavy atom. The van der Waals surface area contributed by atoms with E-state index in [0.717, 1.165) is 11.1 Å². The molecule has 0 saturated carbocycles. The molecule has 1 aliphatic carbocycles. The van der Waals surface area contributed by atoms with E-state index >= 15 is 0 Å². The summed E-state index contributed by atoms with van der Waals surface area (Å²) >= 11 is 0. The molecular weight excluding hydrogens is 470 g/mol. The van der Waals surface area contributed by atoms with Gasteiger partial charge in [-0.3, -0.25) is 0 Å². The quantitative estimate of drug-likeness (QED) is 0.155. The van der Waals surface area contributed by atoms with Crippen LogP contribution >= 0.6 is 0 Å². The van der Waals surface area contributed by atoms with Gasteiger partial charge in [-0.2, -0.15) is 5.26 Å². The number of hydrogen-bond acceptors (Lipinski definition) is 1. The van der Waals surface area contributed by atoms with Gasteiger partial charge in [0.15, 0.2) is 0 Å². The Balaban J connectivity index is 1.63. The molecule has 0 radical (unpaired) electrons. The topological polar surface area (TPSA) is 23.8 Å². The molecule has 0 unspecified atom stereocenters. The lowest BCUT2D eigenvalue weighted by Gasteiger charge is -2.33. The van der Waals surface area contributed by atoms with Crippen molar-refractivity contribution in [1.82, 2.24) is 0 Å². The first-order chi connectivity index (χ1) is 19.2.